The molecule has 0 radical (unpaired) electrons. The van der Waals surface area contributed by atoms with Crippen molar-refractivity contribution in [2.75, 3.05) is 0 Å². The van der Waals surface area contributed by atoms with Gasteiger partial charge in [-0.15, -0.1) is 11.8 Å². The predicted octanol–water partition coefficient (Wildman–Crippen LogP) is 3.60. The highest BCUT2D eigenvalue weighted by atomic mass is 32.2. The van der Waals surface area contributed by atoms with Crippen LogP contribution in [0.3, 0.4) is 0 Å². The molecule has 0 aromatic carbocycles. The molecule has 0 saturated heterocycles. The summed E-state index contributed by atoms with van der Waals surface area (Å²) in [5.41, 5.74) is 0. The Bertz CT molecular complexity index is 177. The molecule has 0 bridgehead atoms. The maximum atomic E-state index is 4.48. The Morgan fingerprint density at radius 1 is 1.50 bits per heavy atom. The predicted molar refractivity (Wildman–Crippen MR) is 61.0 cm³/mol. The van der Waals surface area contributed by atoms with Crippen LogP contribution in [0.1, 0.15) is 34.1 Å². The zero-order valence-corrected chi connectivity index (χ0v) is 9.84. The van der Waals surface area contributed by atoms with Gasteiger partial charge in [-0.05, 0) is 26.2 Å². The number of hydrogen-bond acceptors (Lipinski definition) is 3. The van der Waals surface area contributed by atoms with E-state index in [9.17, 15) is 0 Å². The Kier molecular flexibility index (Phi) is 3.97. The van der Waals surface area contributed by atoms with Crippen LogP contribution in [0, 0.1) is 5.92 Å². The van der Waals surface area contributed by atoms with Crippen molar-refractivity contribution in [2.24, 2.45) is 10.9 Å². The lowest BCUT2D eigenvalue weighted by Gasteiger charge is -2.24. The lowest BCUT2D eigenvalue weighted by molar-refractivity contribution is 0.619. The summed E-state index contributed by atoms with van der Waals surface area (Å²) in [6.07, 6.45) is 1.30. The van der Waals surface area contributed by atoms with Crippen LogP contribution in [-0.4, -0.2) is 15.0 Å². The molecule has 0 saturated carbocycles. The van der Waals surface area contributed by atoms with E-state index in [-0.39, 0.29) is 0 Å². The van der Waals surface area contributed by atoms with E-state index in [0.29, 0.717) is 5.37 Å². The molecule has 1 aliphatic heterocycles. The van der Waals surface area contributed by atoms with Gasteiger partial charge in [-0.2, -0.15) is 0 Å². The Morgan fingerprint density at radius 2 is 2.17 bits per heavy atom. The van der Waals surface area contributed by atoms with E-state index in [4.69, 9.17) is 0 Å². The monoisotopic (exact) mass is 203 g/mol. The Labute approximate surface area is 83.8 Å². The Hall–Kier alpha value is 0.370. The lowest BCUT2D eigenvalue weighted by atomic mass is 10.2. The Balaban J connectivity index is 2.44. The maximum absolute atomic E-state index is 4.48. The molecular weight excluding hydrogens is 186 g/mol. The molecule has 70 valence electrons. The van der Waals surface area contributed by atoms with Gasteiger partial charge in [0.05, 0.1) is 15.0 Å². The highest BCUT2D eigenvalue weighted by Gasteiger charge is 2.20. The summed E-state index contributed by atoms with van der Waals surface area (Å²) in [6.45, 7) is 8.87. The molecule has 1 heterocycles. The second-order valence-corrected chi connectivity index (χ2v) is 6.78. The molecule has 0 amide bonds. The van der Waals surface area contributed by atoms with Crippen LogP contribution in [0.2, 0.25) is 0 Å². The highest BCUT2D eigenvalue weighted by Crippen LogP contribution is 2.37. The van der Waals surface area contributed by atoms with E-state index in [1.165, 1.54) is 11.5 Å². The summed E-state index contributed by atoms with van der Waals surface area (Å²) in [7, 11) is 0. The van der Waals surface area contributed by atoms with Crippen molar-refractivity contribution in [3.05, 3.63) is 0 Å². The molecule has 1 nitrogen and oxygen atoms in total. The number of thioether (sulfide) groups is 2. The van der Waals surface area contributed by atoms with Crippen molar-refractivity contribution >= 4 is 28.6 Å². The number of aliphatic imine (C=N–C) groups is 1. The summed E-state index contributed by atoms with van der Waals surface area (Å²) >= 11 is 3.93. The van der Waals surface area contributed by atoms with Gasteiger partial charge in [0.2, 0.25) is 0 Å². The van der Waals surface area contributed by atoms with Crippen LogP contribution in [0.15, 0.2) is 4.99 Å². The van der Waals surface area contributed by atoms with Crippen molar-refractivity contribution in [3.8, 4) is 0 Å². The fraction of sp³-hybridized carbons (Fsp3) is 0.889. The van der Waals surface area contributed by atoms with Crippen LogP contribution in [0.5, 0.6) is 0 Å². The van der Waals surface area contributed by atoms with Gasteiger partial charge in [-0.1, -0.05) is 25.6 Å². The fourth-order valence-corrected chi connectivity index (χ4v) is 4.67. The first-order chi connectivity index (χ1) is 5.58. The SMILES string of the molecule is CC1=NC(C)SC(CC(C)C)S1. The van der Waals surface area contributed by atoms with Gasteiger partial charge in [0, 0.05) is 0 Å². The van der Waals surface area contributed by atoms with Crippen molar-refractivity contribution in [3.63, 3.8) is 0 Å². The van der Waals surface area contributed by atoms with E-state index in [1.54, 1.807) is 0 Å². The van der Waals surface area contributed by atoms with Gasteiger partial charge in [0.1, 0.15) is 0 Å². The highest BCUT2D eigenvalue weighted by molar-refractivity contribution is 8.25. The second-order valence-electron chi connectivity index (χ2n) is 3.56. The van der Waals surface area contributed by atoms with E-state index >= 15 is 0 Å². The number of rotatable bonds is 2. The van der Waals surface area contributed by atoms with Crippen molar-refractivity contribution in [1.29, 1.82) is 0 Å². The molecule has 0 aromatic rings. The third-order valence-corrected chi connectivity index (χ3v) is 4.20. The van der Waals surface area contributed by atoms with Crippen LogP contribution >= 0.6 is 23.5 Å². The van der Waals surface area contributed by atoms with Crippen LogP contribution in [0.25, 0.3) is 0 Å². The maximum Gasteiger partial charge on any atom is 0.0943 e. The van der Waals surface area contributed by atoms with Gasteiger partial charge in [0.25, 0.3) is 0 Å². The van der Waals surface area contributed by atoms with Crippen LogP contribution in [0.4, 0.5) is 0 Å². The molecular formula is C9H17NS2. The molecule has 2 atom stereocenters. The van der Waals surface area contributed by atoms with Crippen molar-refractivity contribution < 1.29 is 0 Å². The minimum absolute atomic E-state index is 0.468. The van der Waals surface area contributed by atoms with E-state index in [1.807, 2.05) is 23.5 Å². The summed E-state index contributed by atoms with van der Waals surface area (Å²) in [5.74, 6) is 0.799. The molecule has 0 aliphatic carbocycles. The summed E-state index contributed by atoms with van der Waals surface area (Å²) in [4.78, 5) is 4.48. The Morgan fingerprint density at radius 3 is 2.67 bits per heavy atom. The zero-order chi connectivity index (χ0) is 9.14. The third kappa shape index (κ3) is 3.40. The first-order valence-electron chi connectivity index (χ1n) is 4.44. The molecule has 0 aromatic heterocycles. The zero-order valence-electron chi connectivity index (χ0n) is 8.20. The van der Waals surface area contributed by atoms with E-state index in [0.717, 1.165) is 10.5 Å². The van der Waals surface area contributed by atoms with E-state index in [2.05, 4.69) is 32.7 Å². The summed E-state index contributed by atoms with van der Waals surface area (Å²) in [5, 5.41) is 1.72. The minimum Gasteiger partial charge on any atom is -0.269 e. The van der Waals surface area contributed by atoms with Gasteiger partial charge in [-0.3, -0.25) is 4.99 Å². The molecule has 1 rings (SSSR count). The normalized spacial score (nSPS) is 30.6. The summed E-state index contributed by atoms with van der Waals surface area (Å²) < 4.78 is 0.734. The molecule has 1 aliphatic rings. The van der Waals surface area contributed by atoms with Crippen LogP contribution < -0.4 is 0 Å². The van der Waals surface area contributed by atoms with Crippen molar-refractivity contribution in [1.82, 2.24) is 0 Å². The molecule has 0 fully saturated rings. The molecule has 3 heteroatoms. The average molecular weight is 203 g/mol. The first-order valence-corrected chi connectivity index (χ1v) is 6.26. The smallest absolute Gasteiger partial charge is 0.0943 e. The third-order valence-electron chi connectivity index (χ3n) is 1.68. The molecule has 12 heavy (non-hydrogen) atoms. The largest absolute Gasteiger partial charge is 0.269 e. The summed E-state index contributed by atoms with van der Waals surface area (Å²) in [6, 6.07) is 0. The molecule has 0 spiro atoms. The van der Waals surface area contributed by atoms with E-state index < -0.39 is 0 Å². The lowest BCUT2D eigenvalue weighted by Crippen LogP contribution is -2.14. The number of nitrogens with zero attached hydrogens (tertiary/aromatic N) is 1. The van der Waals surface area contributed by atoms with Crippen molar-refractivity contribution in [2.45, 2.75) is 44.1 Å². The average Bonchev–Trinajstić information content (AvgIpc) is 1.81. The fourth-order valence-electron chi connectivity index (χ4n) is 1.24. The quantitative estimate of drug-likeness (QED) is 0.680. The first kappa shape index (κ1) is 10.5. The number of hydrogen-bond donors (Lipinski definition) is 0. The second kappa shape index (κ2) is 4.56. The van der Waals surface area contributed by atoms with Gasteiger partial charge in [0.15, 0.2) is 0 Å². The topological polar surface area (TPSA) is 12.4 Å². The van der Waals surface area contributed by atoms with Gasteiger partial charge >= 0.3 is 0 Å². The molecule has 2 unspecified atom stereocenters. The van der Waals surface area contributed by atoms with Crippen LogP contribution in [-0.2, 0) is 0 Å². The minimum atomic E-state index is 0.468. The van der Waals surface area contributed by atoms with Gasteiger partial charge in [-0.25, -0.2) is 0 Å². The standard InChI is InChI=1S/C9H17NS2/c1-6(2)5-9-11-7(3)10-8(4)12-9/h6-7,9H,5H2,1-4H3. The van der Waals surface area contributed by atoms with Gasteiger partial charge < -0.3 is 0 Å². The molecule has 0 N–H and O–H groups in total.